The minimum Gasteiger partial charge on any atom is -0.487 e. The number of alkyl halides is 3. The van der Waals surface area contributed by atoms with Crippen molar-refractivity contribution in [2.75, 3.05) is 35.9 Å². The molecule has 518 valence electrons. The van der Waals surface area contributed by atoms with Crippen LogP contribution in [0.2, 0.25) is 15.1 Å². The molecular weight excluding hydrogens is 1380 g/mol. The van der Waals surface area contributed by atoms with Crippen LogP contribution < -0.4 is 45.0 Å². The van der Waals surface area contributed by atoms with Crippen LogP contribution >= 0.6 is 34.8 Å². The van der Waals surface area contributed by atoms with Gasteiger partial charge in [-0.1, -0.05) is 95.5 Å². The van der Waals surface area contributed by atoms with Crippen molar-refractivity contribution < 1.29 is 63.8 Å². The summed E-state index contributed by atoms with van der Waals surface area (Å²) in [5.41, 5.74) is 1.88. The van der Waals surface area contributed by atoms with E-state index in [-0.39, 0.29) is 73.9 Å². The number of aromatic nitrogens is 3. The minimum atomic E-state index is -5.92. The molecular formula is C73H64Cl3F3N6O14S. The largest absolute Gasteiger partial charge is 0.534 e. The molecule has 0 bridgehead atoms. The van der Waals surface area contributed by atoms with E-state index in [1.807, 2.05) is 99.3 Å². The molecule has 6 fully saturated rings. The third kappa shape index (κ3) is 11.4. The molecule has 6 aliphatic heterocycles. The maximum Gasteiger partial charge on any atom is 0.534 e. The summed E-state index contributed by atoms with van der Waals surface area (Å²) in [5.74, 6) is -1.37. The number of pyridine rings is 3. The Kier molecular flexibility index (Phi) is 16.6. The number of nitrogens with zero attached hydrogens (tertiary/aromatic N) is 6. The van der Waals surface area contributed by atoms with Crippen molar-refractivity contribution in [3.05, 3.63) is 224 Å². The highest BCUT2D eigenvalue weighted by atomic mass is 35.5. The molecule has 3 atom stereocenters. The number of methoxy groups -OCH3 is 2. The standard InChI is InChI=1S/C27H25ClN2O4.C26H23ClN2O4.C20H16ClF3N2O6S/c1-2-33-26(32)20-15-29-23(14-24(20)31)18-12-21(28)25(34-16-17-6-4-3-5-7-17)13-19(18)22-8-9-27(10-11-27)30(22)29;1-32-25(31)19-14-28-22(13-23(19)30)17-11-20(27)24(33-15-16-5-3-2-4-6-16)12-18(17)21-7-8-26(9-10-26)29(21)28;1-31-18(28)12-9-25-15(8-16(12)27)10-6-13(21)17(32-33(29,30)20(22,23)24)7-11(10)14-2-3-19(4-5-19)26(14)25/h3-7,12-15,22H,2,8-11,16H2,1H3;2-6,11-14,21H,7-10,15H2,1H3;6-9,14H,2-5H2,1H3/t;21-;14-/m.11/s1. The second-order valence-electron chi connectivity index (χ2n) is 26.6. The summed E-state index contributed by atoms with van der Waals surface area (Å²) in [6.45, 7) is 2.81. The molecule has 3 aromatic heterocycles. The van der Waals surface area contributed by atoms with E-state index >= 15 is 0 Å². The van der Waals surface area contributed by atoms with E-state index in [0.717, 1.165) is 115 Å². The van der Waals surface area contributed by atoms with Crippen LogP contribution in [0.5, 0.6) is 17.2 Å². The highest BCUT2D eigenvalue weighted by Gasteiger charge is 2.60. The molecule has 5 aromatic carbocycles. The number of benzene rings is 5. The monoisotopic (exact) mass is 1440 g/mol. The number of hydrogen-bond donors (Lipinski definition) is 0. The van der Waals surface area contributed by atoms with Gasteiger partial charge in [-0.2, -0.15) is 21.6 Å². The Morgan fingerprint density at radius 3 is 1.14 bits per heavy atom. The molecule has 100 heavy (non-hydrogen) atoms. The lowest BCUT2D eigenvalue weighted by atomic mass is 9.94. The van der Waals surface area contributed by atoms with Crippen molar-refractivity contribution in [1.82, 2.24) is 14.0 Å². The quantitative estimate of drug-likeness (QED) is 0.0481. The number of hydrogen-bond acceptors (Lipinski definition) is 17. The first-order valence-electron chi connectivity index (χ1n) is 32.8. The van der Waals surface area contributed by atoms with Gasteiger partial charge in [0.2, 0.25) is 0 Å². The van der Waals surface area contributed by atoms with Gasteiger partial charge in [-0.25, -0.2) is 14.4 Å². The first-order chi connectivity index (χ1) is 47.9. The van der Waals surface area contributed by atoms with Crippen molar-refractivity contribution in [1.29, 1.82) is 0 Å². The van der Waals surface area contributed by atoms with Gasteiger partial charge < -0.3 is 27.9 Å². The normalized spacial score (nSPS) is 19.3. The van der Waals surface area contributed by atoms with E-state index in [1.54, 1.807) is 24.0 Å². The van der Waals surface area contributed by atoms with Gasteiger partial charge >= 0.3 is 33.5 Å². The topological polar surface area (TPSA) is 216 Å². The van der Waals surface area contributed by atoms with E-state index in [2.05, 4.69) is 14.2 Å². The van der Waals surface area contributed by atoms with E-state index < -0.39 is 44.7 Å². The number of fused-ring (bicyclic) bond motifs is 21. The molecule has 17 rings (SSSR count). The summed E-state index contributed by atoms with van der Waals surface area (Å²) in [5, 5.41) is 7.33. The Morgan fingerprint density at radius 2 is 0.820 bits per heavy atom. The summed E-state index contributed by atoms with van der Waals surface area (Å²) in [6.07, 6.45) is 16.3. The highest BCUT2D eigenvalue weighted by Crippen LogP contribution is 2.62. The second kappa shape index (κ2) is 24.8. The van der Waals surface area contributed by atoms with Crippen molar-refractivity contribution in [2.45, 2.75) is 137 Å². The number of carbonyl (C=O) groups is 3. The van der Waals surface area contributed by atoms with Crippen LogP contribution in [0.3, 0.4) is 0 Å². The maximum absolute atomic E-state index is 12.9. The predicted octanol–water partition coefficient (Wildman–Crippen LogP) is 13.6. The van der Waals surface area contributed by atoms with Gasteiger partial charge in [-0.05, 0) is 148 Å². The molecule has 9 aliphatic rings. The lowest BCUT2D eigenvalue weighted by Gasteiger charge is -2.41. The molecule has 0 N–H and O–H groups in total. The SMILES string of the molecule is CCOC(=O)c1cn2c(cc1=O)-c1cc(Cl)c(OCc3ccccc3)cc1C1CCC3(CC3)N12.COC(=O)c1cn2c(cc1=O)-c1cc(Cl)c(OCc3ccccc3)cc1[C@H]1CCC3(CC3)N12.COC(=O)c1cn2c(cc1=O)-c1cc(Cl)c(OS(=O)(=O)C(F)(F)F)cc1[C@H]1CCC3(CC3)N12. The first-order valence-corrected chi connectivity index (χ1v) is 35.3. The van der Waals surface area contributed by atoms with E-state index in [4.69, 9.17) is 58.5 Å². The van der Waals surface area contributed by atoms with Gasteiger partial charge in [0.1, 0.15) is 41.4 Å². The van der Waals surface area contributed by atoms with Gasteiger partial charge in [0.25, 0.3) is 0 Å². The number of carbonyl (C=O) groups excluding carboxylic acids is 3. The molecule has 3 aliphatic carbocycles. The van der Waals surface area contributed by atoms with Crippen LogP contribution in [0.4, 0.5) is 13.2 Å². The van der Waals surface area contributed by atoms with Gasteiger partial charge in [0.05, 0.1) is 87.7 Å². The predicted molar refractivity (Wildman–Crippen MR) is 366 cm³/mol. The molecule has 3 saturated heterocycles. The van der Waals surface area contributed by atoms with Crippen molar-refractivity contribution in [2.24, 2.45) is 0 Å². The molecule has 0 radical (unpaired) electrons. The Hall–Kier alpha value is -9.23. The first kappa shape index (κ1) is 66.6. The molecule has 27 heteroatoms. The zero-order valence-corrected chi connectivity index (χ0v) is 57.2. The third-order valence-electron chi connectivity index (χ3n) is 20.7. The zero-order valence-electron chi connectivity index (χ0n) is 54.1. The van der Waals surface area contributed by atoms with Gasteiger partial charge in [-0.15, -0.1) is 0 Å². The van der Waals surface area contributed by atoms with Gasteiger partial charge in [-0.3, -0.25) is 43.4 Å². The fourth-order valence-electron chi connectivity index (χ4n) is 15.5. The van der Waals surface area contributed by atoms with Crippen molar-refractivity contribution in [3.8, 4) is 51.0 Å². The van der Waals surface area contributed by atoms with Crippen LogP contribution in [-0.4, -0.2) is 83.3 Å². The smallest absolute Gasteiger partial charge is 0.487 e. The number of esters is 3. The number of ether oxygens (including phenoxy) is 5. The second-order valence-corrected chi connectivity index (χ2v) is 29.3. The van der Waals surface area contributed by atoms with Gasteiger partial charge in [0.15, 0.2) is 22.0 Å². The number of rotatable bonds is 12. The molecule has 3 saturated carbocycles. The Morgan fingerprint density at radius 1 is 0.490 bits per heavy atom. The Bertz CT molecular complexity index is 5040. The van der Waals surface area contributed by atoms with Crippen LogP contribution in [0.25, 0.3) is 33.8 Å². The van der Waals surface area contributed by atoms with Gasteiger partial charge in [0, 0.05) is 53.5 Å². The van der Waals surface area contributed by atoms with E-state index in [9.17, 15) is 50.4 Å². The average Bonchev–Trinajstić information content (AvgIpc) is 1.50. The van der Waals surface area contributed by atoms with Crippen molar-refractivity contribution in [3.63, 3.8) is 0 Å². The van der Waals surface area contributed by atoms with Crippen LogP contribution in [0.15, 0.2) is 148 Å². The summed E-state index contributed by atoms with van der Waals surface area (Å²) < 4.78 is 98.6. The zero-order chi connectivity index (χ0) is 70.1. The highest BCUT2D eigenvalue weighted by molar-refractivity contribution is 7.88. The third-order valence-corrected chi connectivity index (χ3v) is 22.6. The summed E-state index contributed by atoms with van der Waals surface area (Å²) in [7, 11) is -3.47. The van der Waals surface area contributed by atoms with Crippen LogP contribution in [0, 0.1) is 0 Å². The fourth-order valence-corrected chi connectivity index (χ4v) is 16.7. The molecule has 20 nitrogen and oxygen atoms in total. The average molecular weight is 1440 g/mol. The Labute approximate surface area is 585 Å². The summed E-state index contributed by atoms with van der Waals surface area (Å²) >= 11 is 19.4. The molecule has 0 amide bonds. The molecule has 3 spiro atoms. The lowest BCUT2D eigenvalue weighted by molar-refractivity contribution is -0.0500. The summed E-state index contributed by atoms with van der Waals surface area (Å²) in [4.78, 5) is 75.1. The Balaban J connectivity index is 0.000000122. The van der Waals surface area contributed by atoms with Crippen molar-refractivity contribution >= 4 is 62.8 Å². The fraction of sp³-hybridized carbons (Fsp3) is 0.342. The van der Waals surface area contributed by atoms with Crippen LogP contribution in [0.1, 0.15) is 161 Å². The van der Waals surface area contributed by atoms with E-state index in [0.29, 0.717) is 58.0 Å². The number of halogens is 6. The molecule has 9 heterocycles. The van der Waals surface area contributed by atoms with E-state index in [1.165, 1.54) is 50.7 Å². The molecule has 1 unspecified atom stereocenters. The molecule has 8 aromatic rings. The van der Waals surface area contributed by atoms with Crippen LogP contribution in [-0.2, 0) is 37.5 Å². The summed E-state index contributed by atoms with van der Waals surface area (Å²) in [6, 6.07) is 34.4. The lowest BCUT2D eigenvalue weighted by Crippen LogP contribution is -2.46. The minimum absolute atomic E-state index is 0.0417. The maximum atomic E-state index is 12.9.